The molecule has 4 aliphatic heterocycles. The maximum atomic E-state index is 13.1. The Bertz CT molecular complexity index is 870. The molecule has 0 spiro atoms. The van der Waals surface area contributed by atoms with Crippen molar-refractivity contribution in [3.63, 3.8) is 0 Å². The molecule has 1 aromatic rings. The molecule has 3 atom stereocenters. The van der Waals surface area contributed by atoms with E-state index in [1.165, 1.54) is 32.1 Å². The van der Waals surface area contributed by atoms with Crippen molar-refractivity contribution in [3.05, 3.63) is 34.9 Å². The Morgan fingerprint density at radius 2 is 1.93 bits per heavy atom. The molecule has 5 rings (SSSR count). The van der Waals surface area contributed by atoms with Gasteiger partial charge in [0.15, 0.2) is 0 Å². The summed E-state index contributed by atoms with van der Waals surface area (Å²) in [6, 6.07) is 6.81. The first-order valence-electron chi connectivity index (χ1n) is 11.3. The third-order valence-electron chi connectivity index (χ3n) is 7.21. The highest BCUT2D eigenvalue weighted by molar-refractivity contribution is 6.05. The van der Waals surface area contributed by atoms with E-state index in [0.717, 1.165) is 30.8 Å². The Kier molecular flexibility index (Phi) is 5.33. The molecule has 0 saturated carbocycles. The van der Waals surface area contributed by atoms with Crippen molar-refractivity contribution in [2.75, 3.05) is 13.1 Å². The zero-order chi connectivity index (χ0) is 20.7. The molecule has 1 aromatic carbocycles. The summed E-state index contributed by atoms with van der Waals surface area (Å²) in [6.45, 7) is 3.54. The van der Waals surface area contributed by atoms with Gasteiger partial charge in [-0.3, -0.25) is 24.6 Å². The van der Waals surface area contributed by atoms with Crippen LogP contribution in [0.2, 0.25) is 0 Å². The summed E-state index contributed by atoms with van der Waals surface area (Å²) < 4.78 is 0. The van der Waals surface area contributed by atoms with E-state index in [2.05, 4.69) is 21.6 Å². The average molecular weight is 411 g/mol. The molecule has 0 bridgehead atoms. The average Bonchev–Trinajstić information content (AvgIpc) is 2.90. The number of carbonyl (C=O) groups excluding carboxylic acids is 3. The number of fused-ring (bicyclic) bond motifs is 2. The summed E-state index contributed by atoms with van der Waals surface area (Å²) in [6.07, 6.45) is 6.92. The van der Waals surface area contributed by atoms with E-state index in [0.29, 0.717) is 30.6 Å². The monoisotopic (exact) mass is 410 g/mol. The molecule has 2 N–H and O–H groups in total. The van der Waals surface area contributed by atoms with Crippen LogP contribution in [0.1, 0.15) is 66.4 Å². The van der Waals surface area contributed by atoms with Gasteiger partial charge in [-0.2, -0.15) is 0 Å². The minimum absolute atomic E-state index is 0.0889. The lowest BCUT2D eigenvalue weighted by molar-refractivity contribution is -0.136. The minimum Gasteiger partial charge on any atom is -0.322 e. The van der Waals surface area contributed by atoms with Crippen LogP contribution in [0.5, 0.6) is 0 Å². The fraction of sp³-hybridized carbons (Fsp3) is 0.609. The van der Waals surface area contributed by atoms with E-state index in [9.17, 15) is 14.4 Å². The van der Waals surface area contributed by atoms with Gasteiger partial charge in [0, 0.05) is 37.2 Å². The first-order valence-corrected chi connectivity index (χ1v) is 11.3. The lowest BCUT2D eigenvalue weighted by Gasteiger charge is -2.41. The fourth-order valence-electron chi connectivity index (χ4n) is 5.65. The number of benzene rings is 1. The quantitative estimate of drug-likeness (QED) is 0.739. The normalized spacial score (nSPS) is 29.9. The van der Waals surface area contributed by atoms with Crippen LogP contribution in [-0.4, -0.2) is 58.7 Å². The van der Waals surface area contributed by atoms with Gasteiger partial charge in [0.05, 0.1) is 0 Å². The summed E-state index contributed by atoms with van der Waals surface area (Å²) in [4.78, 5) is 41.0. The summed E-state index contributed by atoms with van der Waals surface area (Å²) in [5.41, 5.74) is 2.85. The van der Waals surface area contributed by atoms with Crippen LogP contribution in [0.3, 0.4) is 0 Å². The zero-order valence-electron chi connectivity index (χ0n) is 17.4. The third kappa shape index (κ3) is 3.65. The summed E-state index contributed by atoms with van der Waals surface area (Å²) >= 11 is 0. The Morgan fingerprint density at radius 3 is 2.80 bits per heavy atom. The van der Waals surface area contributed by atoms with E-state index < -0.39 is 6.04 Å². The van der Waals surface area contributed by atoms with Crippen LogP contribution in [0.15, 0.2) is 18.2 Å². The van der Waals surface area contributed by atoms with Crippen LogP contribution >= 0.6 is 0 Å². The molecule has 7 nitrogen and oxygen atoms in total. The maximum Gasteiger partial charge on any atom is 0.255 e. The number of imide groups is 1. The predicted molar refractivity (Wildman–Crippen MR) is 112 cm³/mol. The highest BCUT2D eigenvalue weighted by atomic mass is 16.2. The van der Waals surface area contributed by atoms with Crippen LogP contribution in [0.25, 0.3) is 0 Å². The van der Waals surface area contributed by atoms with Gasteiger partial charge >= 0.3 is 0 Å². The number of hydrogen-bond donors (Lipinski definition) is 2. The third-order valence-corrected chi connectivity index (χ3v) is 7.21. The number of piperidine rings is 2. The van der Waals surface area contributed by atoms with E-state index in [4.69, 9.17) is 0 Å². The zero-order valence-corrected chi connectivity index (χ0v) is 17.4. The first-order chi connectivity index (χ1) is 14.6. The lowest BCUT2D eigenvalue weighted by Crippen LogP contribution is -2.52. The number of hydrogen-bond acceptors (Lipinski definition) is 5. The van der Waals surface area contributed by atoms with Crippen molar-refractivity contribution in [3.8, 4) is 0 Å². The molecule has 3 saturated heterocycles. The summed E-state index contributed by atoms with van der Waals surface area (Å²) in [5.74, 6) is -0.697. The Balaban J connectivity index is 1.31. The van der Waals surface area contributed by atoms with Crippen molar-refractivity contribution in [1.29, 1.82) is 0 Å². The van der Waals surface area contributed by atoms with Gasteiger partial charge in [0.2, 0.25) is 11.8 Å². The lowest BCUT2D eigenvalue weighted by atomic mass is 9.92. The van der Waals surface area contributed by atoms with Crippen molar-refractivity contribution in [1.82, 2.24) is 20.4 Å². The fourth-order valence-corrected chi connectivity index (χ4v) is 5.65. The molecular weight excluding hydrogens is 380 g/mol. The van der Waals surface area contributed by atoms with Gasteiger partial charge in [-0.1, -0.05) is 18.6 Å². The van der Waals surface area contributed by atoms with Crippen molar-refractivity contribution >= 4 is 17.7 Å². The Hall–Kier alpha value is -2.25. The van der Waals surface area contributed by atoms with E-state index >= 15 is 0 Å². The summed E-state index contributed by atoms with van der Waals surface area (Å²) in [5, 5.41) is 6.10. The van der Waals surface area contributed by atoms with Gasteiger partial charge in [0.25, 0.3) is 5.91 Å². The molecule has 30 heavy (non-hydrogen) atoms. The minimum atomic E-state index is -0.550. The molecule has 7 heteroatoms. The Labute approximate surface area is 177 Å². The number of nitrogens with zero attached hydrogens (tertiary/aromatic N) is 2. The van der Waals surface area contributed by atoms with Gasteiger partial charge in [-0.15, -0.1) is 0 Å². The molecule has 0 aliphatic carbocycles. The van der Waals surface area contributed by atoms with Crippen LogP contribution in [0.4, 0.5) is 0 Å². The van der Waals surface area contributed by atoms with Gasteiger partial charge in [-0.05, 0) is 62.4 Å². The standard InChI is InChI=1S/C23H30N4O3/c28-21-9-8-20(22(29)25-21)27-14-16-7-6-15(12-17(16)23(27)30)13-26-11-3-4-18-19(26)5-1-2-10-24-18/h6-7,12,18-20,24H,1-5,8-11,13-14H2,(H,25,28,29)/t18-,19+,20?/m1/s1. The highest BCUT2D eigenvalue weighted by Gasteiger charge is 2.39. The molecule has 160 valence electrons. The molecule has 1 unspecified atom stereocenters. The largest absolute Gasteiger partial charge is 0.322 e. The number of carbonyl (C=O) groups is 3. The number of likely N-dealkylation sites (tertiary alicyclic amines) is 1. The molecule has 0 aromatic heterocycles. The number of nitrogens with one attached hydrogen (secondary N) is 2. The van der Waals surface area contributed by atoms with E-state index in [-0.39, 0.29) is 24.1 Å². The smallest absolute Gasteiger partial charge is 0.255 e. The van der Waals surface area contributed by atoms with Gasteiger partial charge < -0.3 is 10.2 Å². The Morgan fingerprint density at radius 1 is 1.03 bits per heavy atom. The number of rotatable bonds is 3. The molecule has 4 aliphatic rings. The molecule has 3 fully saturated rings. The van der Waals surface area contributed by atoms with E-state index in [1.54, 1.807) is 4.90 Å². The highest BCUT2D eigenvalue weighted by Crippen LogP contribution is 2.30. The molecule has 0 radical (unpaired) electrons. The predicted octanol–water partition coefficient (Wildman–Crippen LogP) is 1.55. The van der Waals surface area contributed by atoms with Crippen molar-refractivity contribution in [2.24, 2.45) is 0 Å². The SMILES string of the molecule is O=C1CCC(N2Cc3ccc(CN4CCC[C@H]5NCCCC[C@@H]54)cc3C2=O)C(=O)N1. The van der Waals surface area contributed by atoms with Crippen molar-refractivity contribution < 1.29 is 14.4 Å². The first kappa shape index (κ1) is 19.7. The van der Waals surface area contributed by atoms with Gasteiger partial charge in [-0.25, -0.2) is 0 Å². The number of amides is 3. The topological polar surface area (TPSA) is 81.8 Å². The molecular formula is C23H30N4O3. The van der Waals surface area contributed by atoms with E-state index in [1.807, 2.05) is 12.1 Å². The maximum absolute atomic E-state index is 13.1. The van der Waals surface area contributed by atoms with Crippen LogP contribution < -0.4 is 10.6 Å². The second kappa shape index (κ2) is 8.12. The van der Waals surface area contributed by atoms with Crippen LogP contribution in [0, 0.1) is 0 Å². The molecule has 3 amide bonds. The second-order valence-electron chi connectivity index (χ2n) is 9.13. The second-order valence-corrected chi connectivity index (χ2v) is 9.13. The molecule has 4 heterocycles. The summed E-state index contributed by atoms with van der Waals surface area (Å²) in [7, 11) is 0. The van der Waals surface area contributed by atoms with Crippen molar-refractivity contribution in [2.45, 2.75) is 76.2 Å². The van der Waals surface area contributed by atoms with Gasteiger partial charge in [0.1, 0.15) is 6.04 Å². The van der Waals surface area contributed by atoms with Crippen LogP contribution in [-0.2, 0) is 22.7 Å².